The Morgan fingerprint density at radius 3 is 2.02 bits per heavy atom. The zero-order chi connectivity index (χ0) is 31.9. The van der Waals surface area contributed by atoms with Gasteiger partial charge >= 0.3 is 0 Å². The van der Waals surface area contributed by atoms with Gasteiger partial charge in [0, 0.05) is 39.0 Å². The van der Waals surface area contributed by atoms with Gasteiger partial charge in [0.25, 0.3) is 0 Å². The van der Waals surface area contributed by atoms with Gasteiger partial charge in [-0.25, -0.2) is 0 Å². The smallest absolute Gasteiger partial charge is 0.191 e. The molecule has 4 atom stereocenters. The highest BCUT2D eigenvalue weighted by atomic mass is 28.4. The summed E-state index contributed by atoms with van der Waals surface area (Å²) in [5.41, 5.74) is 0. The molecular weight excluding hydrogens is 540 g/mol. The van der Waals surface area contributed by atoms with Crippen molar-refractivity contribution in [2.45, 2.75) is 156 Å². The zero-order valence-corrected chi connectivity index (χ0v) is 30.5. The third kappa shape index (κ3) is 21.0. The topological polar surface area (TPSA) is 54.0 Å². The van der Waals surface area contributed by atoms with Crippen molar-refractivity contribution in [1.82, 2.24) is 0 Å². The second-order valence-corrected chi connectivity index (χ2v) is 18.5. The molecule has 0 unspecified atom stereocenters. The van der Waals surface area contributed by atoms with Crippen LogP contribution in [0, 0.1) is 11.8 Å². The van der Waals surface area contributed by atoms with Crippen LogP contribution < -0.4 is 0 Å². The third-order valence-corrected chi connectivity index (χ3v) is 13.0. The first-order valence-corrected chi connectivity index (χ1v) is 20.1. The van der Waals surface area contributed by atoms with Gasteiger partial charge in [-0.3, -0.25) is 4.79 Å². The number of rotatable bonds is 27. The van der Waals surface area contributed by atoms with E-state index in [0.29, 0.717) is 5.92 Å². The fraction of sp³-hybridized carbons (Fsp3) is 0.861. The Hall–Kier alpha value is -0.793. The van der Waals surface area contributed by atoms with Crippen LogP contribution in [0.1, 0.15) is 126 Å². The van der Waals surface area contributed by atoms with Gasteiger partial charge in [0.15, 0.2) is 14.1 Å². The second-order valence-electron chi connectivity index (χ2n) is 13.7. The highest BCUT2D eigenvalue weighted by molar-refractivity contribution is 6.74. The summed E-state index contributed by atoms with van der Waals surface area (Å²) >= 11 is 0. The van der Waals surface area contributed by atoms with Crippen LogP contribution in [-0.4, -0.2) is 59.3 Å². The molecule has 0 aromatic heterocycles. The predicted molar refractivity (Wildman–Crippen MR) is 183 cm³/mol. The monoisotopic (exact) mass is 610 g/mol. The number of carbonyl (C=O) groups is 1. The highest BCUT2D eigenvalue weighted by Gasteiger charge is 2.36. The molecule has 6 heteroatoms. The molecule has 0 rings (SSSR count). The molecule has 0 spiro atoms. The Labute approximate surface area is 262 Å². The van der Waals surface area contributed by atoms with E-state index in [1.165, 1.54) is 6.42 Å². The minimum Gasteiger partial charge on any atom is -0.417 e. The molecule has 0 radical (unpaired) electrons. The maximum Gasteiger partial charge on any atom is 0.191 e. The fourth-order valence-corrected chi connectivity index (χ4v) is 5.30. The lowest BCUT2D eigenvalue weighted by molar-refractivity contribution is -0.110. The Bertz CT molecular complexity index is 712. The predicted octanol–water partition coefficient (Wildman–Crippen LogP) is 10.1. The lowest BCUT2D eigenvalue weighted by Crippen LogP contribution is -2.41. The van der Waals surface area contributed by atoms with Gasteiger partial charge in [-0.2, -0.15) is 0 Å². The van der Waals surface area contributed by atoms with Crippen LogP contribution in [0.4, 0.5) is 0 Å². The SMILES string of the molecule is CCCCOC[C@@H](C)CC[C@H](C/C=C/C(=O)/C=C/[C@H](C)[C@@H](CCCO[Si](C)(C)C(C)(C)C)OCCCC)OCCCC. The highest BCUT2D eigenvalue weighted by Crippen LogP contribution is 2.36. The summed E-state index contributed by atoms with van der Waals surface area (Å²) in [6.45, 7) is 26.4. The first-order chi connectivity index (χ1) is 19.9. The van der Waals surface area contributed by atoms with Crippen molar-refractivity contribution in [2.75, 3.05) is 33.0 Å². The summed E-state index contributed by atoms with van der Waals surface area (Å²) in [6.07, 6.45) is 19.1. The Balaban J connectivity index is 4.89. The minimum atomic E-state index is -1.74. The van der Waals surface area contributed by atoms with Crippen molar-refractivity contribution in [1.29, 1.82) is 0 Å². The summed E-state index contributed by atoms with van der Waals surface area (Å²) < 4.78 is 24.6. The summed E-state index contributed by atoms with van der Waals surface area (Å²) in [5.74, 6) is 0.707. The molecule has 0 fully saturated rings. The standard InChI is InChI=1S/C36H70O5Si/c1-11-14-26-38-30-31(4)22-25-34(39-27-15-12-2)20-17-19-33(37)24-23-32(5)35(40-28-16-13-3)21-18-29-41-42(9,10)36(6,7)8/h17,19,23-24,31-32,34-35H,11-16,18,20-22,25-30H2,1-10H3/b19-17+,24-23+/t31-,32-,34-,35+/m0/s1. The average molecular weight is 611 g/mol. The molecule has 0 aromatic rings. The number of hydrogen-bond donors (Lipinski definition) is 0. The quantitative estimate of drug-likeness (QED) is 0.0526. The van der Waals surface area contributed by atoms with Crippen molar-refractivity contribution >= 4 is 14.1 Å². The van der Waals surface area contributed by atoms with Crippen LogP contribution >= 0.6 is 0 Å². The Kier molecular flexibility index (Phi) is 24.1. The van der Waals surface area contributed by atoms with E-state index in [-0.39, 0.29) is 28.9 Å². The molecule has 0 bridgehead atoms. The van der Waals surface area contributed by atoms with Crippen LogP contribution in [0.2, 0.25) is 18.1 Å². The van der Waals surface area contributed by atoms with Crippen molar-refractivity contribution in [2.24, 2.45) is 11.8 Å². The van der Waals surface area contributed by atoms with Crippen LogP contribution in [0.25, 0.3) is 0 Å². The largest absolute Gasteiger partial charge is 0.417 e. The van der Waals surface area contributed by atoms with Gasteiger partial charge < -0.3 is 18.6 Å². The molecule has 0 saturated heterocycles. The van der Waals surface area contributed by atoms with E-state index in [0.717, 1.165) is 97.2 Å². The van der Waals surface area contributed by atoms with Gasteiger partial charge in [0.1, 0.15) is 0 Å². The molecule has 0 aliphatic rings. The molecule has 0 aliphatic heterocycles. The van der Waals surface area contributed by atoms with Gasteiger partial charge in [0.05, 0.1) is 12.2 Å². The van der Waals surface area contributed by atoms with E-state index < -0.39 is 8.32 Å². The van der Waals surface area contributed by atoms with Crippen LogP contribution in [0.5, 0.6) is 0 Å². The van der Waals surface area contributed by atoms with E-state index in [9.17, 15) is 4.79 Å². The number of ether oxygens (including phenoxy) is 3. The summed E-state index contributed by atoms with van der Waals surface area (Å²) in [6, 6.07) is 0. The number of carbonyl (C=O) groups excluding carboxylic acids is 1. The van der Waals surface area contributed by atoms with Crippen LogP contribution in [0.3, 0.4) is 0 Å². The van der Waals surface area contributed by atoms with Gasteiger partial charge in [0.2, 0.25) is 0 Å². The lowest BCUT2D eigenvalue weighted by Gasteiger charge is -2.36. The maximum atomic E-state index is 12.7. The molecule has 5 nitrogen and oxygen atoms in total. The van der Waals surface area contributed by atoms with E-state index in [2.05, 4.69) is 68.5 Å². The average Bonchev–Trinajstić information content (AvgIpc) is 2.93. The molecule has 0 aliphatic carbocycles. The summed E-state index contributed by atoms with van der Waals surface area (Å²) in [7, 11) is -1.74. The molecule has 0 amide bonds. The van der Waals surface area contributed by atoms with Crippen molar-refractivity contribution in [3.05, 3.63) is 24.3 Å². The molecule has 0 saturated carbocycles. The number of ketones is 1. The first kappa shape index (κ1) is 41.2. The molecule has 0 aromatic carbocycles. The molecule has 0 N–H and O–H groups in total. The molecule has 248 valence electrons. The maximum absolute atomic E-state index is 12.7. The van der Waals surface area contributed by atoms with Gasteiger partial charge in [-0.15, -0.1) is 0 Å². The molecule has 0 heterocycles. The molecule has 42 heavy (non-hydrogen) atoms. The van der Waals surface area contributed by atoms with Crippen LogP contribution in [0.15, 0.2) is 24.3 Å². The zero-order valence-electron chi connectivity index (χ0n) is 29.5. The van der Waals surface area contributed by atoms with E-state index in [4.69, 9.17) is 18.6 Å². The van der Waals surface area contributed by atoms with Crippen molar-refractivity contribution < 1.29 is 23.4 Å². The first-order valence-electron chi connectivity index (χ1n) is 17.2. The normalized spacial score (nSPS) is 15.9. The minimum absolute atomic E-state index is 0.0282. The number of hydrogen-bond acceptors (Lipinski definition) is 5. The van der Waals surface area contributed by atoms with E-state index in [1.54, 1.807) is 12.2 Å². The van der Waals surface area contributed by atoms with E-state index in [1.807, 2.05) is 12.2 Å². The Morgan fingerprint density at radius 1 is 0.786 bits per heavy atom. The molecular formula is C36H70O5Si. The van der Waals surface area contributed by atoms with Crippen molar-refractivity contribution in [3.8, 4) is 0 Å². The number of allylic oxidation sites excluding steroid dienone is 2. The van der Waals surface area contributed by atoms with Crippen LogP contribution in [-0.2, 0) is 23.4 Å². The van der Waals surface area contributed by atoms with Gasteiger partial charge in [-0.05, 0) is 87.6 Å². The number of unbranched alkanes of at least 4 members (excludes halogenated alkanes) is 3. The summed E-state index contributed by atoms with van der Waals surface area (Å²) in [5, 5.41) is 0.219. The lowest BCUT2D eigenvalue weighted by atomic mass is 9.99. The fourth-order valence-electron chi connectivity index (χ4n) is 4.22. The van der Waals surface area contributed by atoms with Crippen molar-refractivity contribution in [3.63, 3.8) is 0 Å². The van der Waals surface area contributed by atoms with E-state index >= 15 is 0 Å². The summed E-state index contributed by atoms with van der Waals surface area (Å²) in [4.78, 5) is 12.7. The Morgan fingerprint density at radius 2 is 1.40 bits per heavy atom. The third-order valence-electron chi connectivity index (χ3n) is 8.44. The van der Waals surface area contributed by atoms with Gasteiger partial charge in [-0.1, -0.05) is 86.8 Å². The second kappa shape index (κ2) is 24.5.